The second kappa shape index (κ2) is 12.5. The molecule has 182 valence electrons. The highest BCUT2D eigenvalue weighted by Gasteiger charge is 2.25. The number of hydrogen-bond donors (Lipinski definition) is 2. The minimum Gasteiger partial charge on any atom is -0.304 e. The third-order valence-corrected chi connectivity index (χ3v) is 6.28. The van der Waals surface area contributed by atoms with E-state index in [1.807, 2.05) is 0 Å². The van der Waals surface area contributed by atoms with E-state index in [0.29, 0.717) is 0 Å². The highest BCUT2D eigenvalue weighted by Crippen LogP contribution is 2.32. The number of rotatable bonds is 9. The van der Waals surface area contributed by atoms with Gasteiger partial charge in [-0.15, -0.1) is 0 Å². The van der Waals surface area contributed by atoms with Crippen LogP contribution in [-0.4, -0.2) is 0 Å². The van der Waals surface area contributed by atoms with E-state index < -0.39 is 0 Å². The molecule has 35 heavy (non-hydrogen) atoms. The summed E-state index contributed by atoms with van der Waals surface area (Å²) >= 11 is 0. The molecule has 0 heterocycles. The molecule has 4 aromatic carbocycles. The van der Waals surface area contributed by atoms with Gasteiger partial charge in [-0.2, -0.15) is 0 Å². The number of nitrogens with one attached hydrogen (secondary N) is 2. The van der Waals surface area contributed by atoms with Gasteiger partial charge in [0.1, 0.15) is 0 Å². The minimum absolute atomic E-state index is 0. The third-order valence-electron chi connectivity index (χ3n) is 6.28. The van der Waals surface area contributed by atoms with E-state index in [4.69, 9.17) is 0 Å². The molecule has 0 amide bonds. The first-order valence-electron chi connectivity index (χ1n) is 12.2. The van der Waals surface area contributed by atoms with Crippen molar-refractivity contribution in [3.63, 3.8) is 0 Å². The van der Waals surface area contributed by atoms with E-state index in [2.05, 4.69) is 135 Å². The summed E-state index contributed by atoms with van der Waals surface area (Å²) < 4.78 is 0. The van der Waals surface area contributed by atoms with Crippen molar-refractivity contribution < 1.29 is 0 Å². The molecule has 0 spiro atoms. The van der Waals surface area contributed by atoms with E-state index in [1.54, 1.807) is 0 Å². The van der Waals surface area contributed by atoms with Gasteiger partial charge in [0.05, 0.1) is 12.1 Å². The maximum atomic E-state index is 3.92. The molecule has 4 aromatic rings. The molecule has 0 fully saturated rings. The first-order valence-corrected chi connectivity index (χ1v) is 12.2. The van der Waals surface area contributed by atoms with Gasteiger partial charge in [-0.3, -0.25) is 0 Å². The smallest absolute Gasteiger partial charge is 0.0521 e. The summed E-state index contributed by atoms with van der Waals surface area (Å²) in [4.78, 5) is 0. The van der Waals surface area contributed by atoms with Crippen molar-refractivity contribution in [3.05, 3.63) is 142 Å². The summed E-state index contributed by atoms with van der Waals surface area (Å²) in [7, 11) is 0. The van der Waals surface area contributed by atoms with Crippen molar-refractivity contribution in [3.8, 4) is 0 Å². The maximum absolute atomic E-state index is 3.92. The van der Waals surface area contributed by atoms with Crippen LogP contribution in [0, 0.1) is 27.7 Å². The van der Waals surface area contributed by atoms with Crippen LogP contribution in [0.3, 0.4) is 0 Å². The normalized spacial score (nSPS) is 12.6. The summed E-state index contributed by atoms with van der Waals surface area (Å²) in [5, 5.41) is 7.84. The molecule has 2 N–H and O–H groups in total. The van der Waals surface area contributed by atoms with Gasteiger partial charge in [-0.1, -0.05) is 127 Å². The van der Waals surface area contributed by atoms with Crippen LogP contribution in [-0.2, 0) is 13.1 Å². The molecular formula is C33H40N2. The summed E-state index contributed by atoms with van der Waals surface area (Å²) in [6.45, 7) is 10.4. The van der Waals surface area contributed by atoms with Crippen LogP contribution >= 0.6 is 0 Å². The Kier molecular flexibility index (Phi) is 9.42. The highest BCUT2D eigenvalue weighted by molar-refractivity contribution is 5.37. The first-order chi connectivity index (χ1) is 16.5. The van der Waals surface area contributed by atoms with Crippen molar-refractivity contribution in [1.29, 1.82) is 0 Å². The van der Waals surface area contributed by atoms with Crippen LogP contribution in [0.25, 0.3) is 0 Å². The van der Waals surface area contributed by atoms with Crippen LogP contribution in [0.1, 0.15) is 64.0 Å². The molecule has 4 rings (SSSR count). The standard InChI is InChI=1S/C32H36N2.CH4/c1-23-15-24(2)18-29(17-23)31(33-21-27-11-7-5-8-12-27)32(30-19-25(3)16-26(4)20-30)34-22-28-13-9-6-10-14-28;/h5-20,31-34H,21-22H2,1-4H3;1H4/t31-,32?;/m0./s1. The Morgan fingerprint density at radius 2 is 0.800 bits per heavy atom. The van der Waals surface area contributed by atoms with Crippen LogP contribution < -0.4 is 10.6 Å². The molecule has 0 aromatic heterocycles. The topological polar surface area (TPSA) is 24.1 Å². The van der Waals surface area contributed by atoms with E-state index in [0.717, 1.165) is 13.1 Å². The summed E-state index contributed by atoms with van der Waals surface area (Å²) in [6.07, 6.45) is 0. The molecule has 2 heteroatoms. The number of benzene rings is 4. The SMILES string of the molecule is C.Cc1cc(C)cc(C(NCc2ccccc2)[C@@H](NCc2ccccc2)c2cc(C)cc(C)c2)c1. The maximum Gasteiger partial charge on any atom is 0.0521 e. The Labute approximate surface area is 212 Å². The third kappa shape index (κ3) is 7.39. The van der Waals surface area contributed by atoms with E-state index in [1.165, 1.54) is 44.5 Å². The molecule has 0 aliphatic heterocycles. The van der Waals surface area contributed by atoms with Crippen LogP contribution in [0.2, 0.25) is 0 Å². The molecule has 0 bridgehead atoms. The zero-order chi connectivity index (χ0) is 23.9. The van der Waals surface area contributed by atoms with Crippen molar-refractivity contribution >= 4 is 0 Å². The lowest BCUT2D eigenvalue weighted by Gasteiger charge is -2.31. The van der Waals surface area contributed by atoms with E-state index in [-0.39, 0.29) is 19.5 Å². The van der Waals surface area contributed by atoms with Gasteiger partial charge in [-0.25, -0.2) is 0 Å². The number of hydrogen-bond acceptors (Lipinski definition) is 2. The molecule has 0 aliphatic rings. The second-order valence-corrected chi connectivity index (χ2v) is 9.53. The zero-order valence-electron chi connectivity index (χ0n) is 20.8. The lowest BCUT2D eigenvalue weighted by atomic mass is 9.89. The fraction of sp³-hybridized carbons (Fsp3) is 0.273. The minimum atomic E-state index is 0. The molecule has 0 radical (unpaired) electrons. The van der Waals surface area contributed by atoms with Gasteiger partial charge >= 0.3 is 0 Å². The van der Waals surface area contributed by atoms with Gasteiger partial charge < -0.3 is 10.6 Å². The molecule has 0 saturated heterocycles. The van der Waals surface area contributed by atoms with Crippen molar-refractivity contribution in [2.24, 2.45) is 0 Å². The molecule has 2 nitrogen and oxygen atoms in total. The Morgan fingerprint density at radius 1 is 0.486 bits per heavy atom. The summed E-state index contributed by atoms with van der Waals surface area (Å²) in [5.41, 5.74) is 10.4. The van der Waals surface area contributed by atoms with Crippen LogP contribution in [0.5, 0.6) is 0 Å². The Morgan fingerprint density at radius 3 is 1.11 bits per heavy atom. The fourth-order valence-electron chi connectivity index (χ4n) is 4.88. The Hall–Kier alpha value is -3.20. The molecular weight excluding hydrogens is 424 g/mol. The van der Waals surface area contributed by atoms with Crippen molar-refractivity contribution in [2.75, 3.05) is 0 Å². The predicted molar refractivity (Wildman–Crippen MR) is 151 cm³/mol. The van der Waals surface area contributed by atoms with E-state index in [9.17, 15) is 0 Å². The van der Waals surface area contributed by atoms with Gasteiger partial charge in [0.15, 0.2) is 0 Å². The van der Waals surface area contributed by atoms with Crippen LogP contribution in [0.15, 0.2) is 97.1 Å². The van der Waals surface area contributed by atoms with Crippen molar-refractivity contribution in [2.45, 2.75) is 60.3 Å². The predicted octanol–water partition coefficient (Wildman–Crippen LogP) is 7.92. The van der Waals surface area contributed by atoms with Gasteiger partial charge in [0.25, 0.3) is 0 Å². The molecule has 0 saturated carbocycles. The summed E-state index contributed by atoms with van der Waals surface area (Å²) in [5.74, 6) is 0. The quantitative estimate of drug-likeness (QED) is 0.263. The summed E-state index contributed by atoms with van der Waals surface area (Å²) in [6, 6.07) is 35.4. The van der Waals surface area contributed by atoms with Crippen LogP contribution in [0.4, 0.5) is 0 Å². The van der Waals surface area contributed by atoms with Crippen molar-refractivity contribution in [1.82, 2.24) is 10.6 Å². The second-order valence-electron chi connectivity index (χ2n) is 9.53. The molecule has 1 unspecified atom stereocenters. The zero-order valence-corrected chi connectivity index (χ0v) is 20.8. The Balaban J connectivity index is 0.00000342. The van der Waals surface area contributed by atoms with Gasteiger partial charge in [-0.05, 0) is 49.9 Å². The monoisotopic (exact) mass is 464 g/mol. The average Bonchev–Trinajstić information content (AvgIpc) is 2.81. The largest absolute Gasteiger partial charge is 0.304 e. The first kappa shape index (κ1) is 26.4. The lowest BCUT2D eigenvalue weighted by molar-refractivity contribution is 0.380. The molecule has 0 aliphatic carbocycles. The lowest BCUT2D eigenvalue weighted by Crippen LogP contribution is -2.35. The van der Waals surface area contributed by atoms with E-state index >= 15 is 0 Å². The number of aryl methyl sites for hydroxylation is 4. The van der Waals surface area contributed by atoms with Gasteiger partial charge in [0, 0.05) is 13.1 Å². The molecule has 2 atom stereocenters. The fourth-order valence-corrected chi connectivity index (χ4v) is 4.88. The average molecular weight is 465 g/mol. The highest BCUT2D eigenvalue weighted by atomic mass is 15.0. The van der Waals surface area contributed by atoms with Gasteiger partial charge in [0.2, 0.25) is 0 Å². The Bertz CT molecular complexity index is 1060.